The Morgan fingerprint density at radius 2 is 1.06 bits per heavy atom. The van der Waals surface area contributed by atoms with Gasteiger partial charge in [-0.2, -0.15) is 0 Å². The molecule has 5 aromatic carbocycles. The van der Waals surface area contributed by atoms with E-state index in [1.165, 1.54) is 59.5 Å². The van der Waals surface area contributed by atoms with E-state index in [0.29, 0.717) is 0 Å². The summed E-state index contributed by atoms with van der Waals surface area (Å²) in [6.07, 6.45) is 0. The molecule has 152 valence electrons. The van der Waals surface area contributed by atoms with Crippen molar-refractivity contribution in [3.8, 4) is 0 Å². The Morgan fingerprint density at radius 3 is 1.85 bits per heavy atom. The second kappa shape index (κ2) is 6.08. The number of hydrogen-bond acceptors (Lipinski definition) is 1. The van der Waals surface area contributed by atoms with E-state index < -0.39 is 0 Å². The Kier molecular flexibility index (Phi) is 3.16. The predicted octanol–water partition coefficient (Wildman–Crippen LogP) is 8.25. The Hall–Kier alpha value is -4.43. The van der Waals surface area contributed by atoms with Gasteiger partial charge in [0.25, 0.3) is 0 Å². The molecule has 0 unspecified atom stereocenters. The first-order valence-corrected chi connectivity index (χ1v) is 11.3. The number of benzene rings is 5. The summed E-state index contributed by atoms with van der Waals surface area (Å²) < 4.78 is 2.36. The molecule has 0 amide bonds. The van der Waals surface area contributed by atoms with Gasteiger partial charge in [-0.15, -0.1) is 0 Å². The van der Waals surface area contributed by atoms with Crippen LogP contribution >= 0.6 is 0 Å². The van der Waals surface area contributed by atoms with Crippen LogP contribution < -0.4 is 0 Å². The van der Waals surface area contributed by atoms with Crippen molar-refractivity contribution in [2.75, 3.05) is 0 Å². The molecule has 0 atom stereocenters. The van der Waals surface area contributed by atoms with Gasteiger partial charge in [0.1, 0.15) is 5.65 Å². The number of para-hydroxylation sites is 2. The molecule has 3 heterocycles. The maximum Gasteiger partial charge on any atom is 0.146 e. The van der Waals surface area contributed by atoms with Crippen LogP contribution in [0, 0.1) is 0 Å². The van der Waals surface area contributed by atoms with Crippen LogP contribution in [0.15, 0.2) is 109 Å². The van der Waals surface area contributed by atoms with Gasteiger partial charge in [0, 0.05) is 26.9 Å². The summed E-state index contributed by atoms with van der Waals surface area (Å²) in [6, 6.07) is 39.3. The lowest BCUT2D eigenvalue weighted by atomic mass is 9.92. The molecular weight excluding hydrogens is 400 g/mol. The minimum atomic E-state index is 1.01. The van der Waals surface area contributed by atoms with E-state index >= 15 is 0 Å². The summed E-state index contributed by atoms with van der Waals surface area (Å²) >= 11 is 0. The second-order valence-corrected chi connectivity index (χ2v) is 8.82. The summed E-state index contributed by atoms with van der Waals surface area (Å²) in [7, 11) is 0. The number of fused-ring (bicyclic) bond motifs is 14. The third-order valence-electron chi connectivity index (χ3n) is 7.08. The normalized spacial score (nSPS) is 12.2. The van der Waals surface area contributed by atoms with E-state index in [0.717, 1.165) is 11.2 Å². The van der Waals surface area contributed by atoms with Gasteiger partial charge in [0.15, 0.2) is 0 Å². The summed E-state index contributed by atoms with van der Waals surface area (Å²) in [4.78, 5) is 5.23. The van der Waals surface area contributed by atoms with E-state index in [-0.39, 0.29) is 0 Å². The largest absolute Gasteiger partial charge is 0.293 e. The minimum Gasteiger partial charge on any atom is -0.293 e. The number of nitrogens with zero attached hydrogens (tertiary/aromatic N) is 2. The molecule has 2 heteroatoms. The van der Waals surface area contributed by atoms with E-state index in [2.05, 4.69) is 114 Å². The van der Waals surface area contributed by atoms with Crippen LogP contribution in [0.3, 0.4) is 0 Å². The van der Waals surface area contributed by atoms with Gasteiger partial charge >= 0.3 is 0 Å². The quantitative estimate of drug-likeness (QED) is 0.179. The average Bonchev–Trinajstić information content (AvgIpc) is 3.27. The topological polar surface area (TPSA) is 17.3 Å². The lowest BCUT2D eigenvalue weighted by molar-refractivity contribution is 1.28. The van der Waals surface area contributed by atoms with Crippen molar-refractivity contribution in [1.29, 1.82) is 0 Å². The molecule has 0 spiro atoms. The van der Waals surface area contributed by atoms with Crippen LogP contribution in [0.4, 0.5) is 0 Å². The SMILES string of the molecule is c1ccc2nc3c(cc2c1)c1c2ccccc2c2ccccc2c1c1cc2ccccc2n13. The van der Waals surface area contributed by atoms with Gasteiger partial charge in [-0.3, -0.25) is 4.40 Å². The van der Waals surface area contributed by atoms with Gasteiger partial charge in [0.2, 0.25) is 0 Å². The Labute approximate surface area is 189 Å². The highest BCUT2D eigenvalue weighted by Crippen LogP contribution is 2.42. The zero-order chi connectivity index (χ0) is 21.5. The number of rotatable bonds is 0. The smallest absolute Gasteiger partial charge is 0.146 e. The molecule has 2 nitrogen and oxygen atoms in total. The maximum absolute atomic E-state index is 5.23. The molecule has 0 bridgehead atoms. The standard InChI is InChI=1S/C31H18N2/c1-7-15-26-19(9-1)17-25-29-23-13-5-3-11-21(23)22-12-4-6-14-24(22)30(29)28-18-20-10-2-8-16-27(20)33(28)31(25)32-26/h1-18H. The van der Waals surface area contributed by atoms with Crippen molar-refractivity contribution >= 4 is 70.7 Å². The van der Waals surface area contributed by atoms with Crippen LogP contribution in [0.2, 0.25) is 0 Å². The average molecular weight is 418 g/mol. The molecule has 8 aromatic rings. The van der Waals surface area contributed by atoms with Crippen LogP contribution in [-0.2, 0) is 0 Å². The van der Waals surface area contributed by atoms with E-state index in [9.17, 15) is 0 Å². The molecule has 0 N–H and O–H groups in total. The molecule has 0 aliphatic rings. The lowest BCUT2D eigenvalue weighted by Crippen LogP contribution is -1.96. The Morgan fingerprint density at radius 1 is 0.455 bits per heavy atom. The van der Waals surface area contributed by atoms with E-state index in [4.69, 9.17) is 4.98 Å². The van der Waals surface area contributed by atoms with Gasteiger partial charge in [-0.25, -0.2) is 4.98 Å². The molecule has 0 aliphatic carbocycles. The fraction of sp³-hybridized carbons (Fsp3) is 0. The van der Waals surface area contributed by atoms with Crippen LogP contribution in [0.1, 0.15) is 0 Å². The number of pyridine rings is 2. The molecule has 8 rings (SSSR count). The van der Waals surface area contributed by atoms with Crippen LogP contribution in [0.25, 0.3) is 70.7 Å². The minimum absolute atomic E-state index is 1.01. The lowest BCUT2D eigenvalue weighted by Gasteiger charge is -2.16. The van der Waals surface area contributed by atoms with Gasteiger partial charge < -0.3 is 0 Å². The Balaban J connectivity index is 1.84. The monoisotopic (exact) mass is 418 g/mol. The van der Waals surface area contributed by atoms with Crippen molar-refractivity contribution in [2.24, 2.45) is 0 Å². The summed E-state index contributed by atoms with van der Waals surface area (Å²) in [5, 5.41) is 11.3. The van der Waals surface area contributed by atoms with Crippen molar-refractivity contribution in [2.45, 2.75) is 0 Å². The van der Waals surface area contributed by atoms with Gasteiger partial charge in [0.05, 0.1) is 16.6 Å². The second-order valence-electron chi connectivity index (χ2n) is 8.82. The predicted molar refractivity (Wildman–Crippen MR) is 140 cm³/mol. The fourth-order valence-corrected chi connectivity index (χ4v) is 5.71. The van der Waals surface area contributed by atoms with Crippen molar-refractivity contribution in [3.63, 3.8) is 0 Å². The van der Waals surface area contributed by atoms with Crippen molar-refractivity contribution < 1.29 is 0 Å². The number of hydrogen-bond donors (Lipinski definition) is 0. The third kappa shape index (κ3) is 2.15. The molecule has 0 fully saturated rings. The highest BCUT2D eigenvalue weighted by molar-refractivity contribution is 6.35. The van der Waals surface area contributed by atoms with Crippen LogP contribution in [-0.4, -0.2) is 9.38 Å². The first-order valence-electron chi connectivity index (χ1n) is 11.3. The number of aromatic nitrogens is 2. The first kappa shape index (κ1) is 17.2. The van der Waals surface area contributed by atoms with Crippen LogP contribution in [0.5, 0.6) is 0 Å². The van der Waals surface area contributed by atoms with Crippen molar-refractivity contribution in [3.05, 3.63) is 109 Å². The molecule has 33 heavy (non-hydrogen) atoms. The third-order valence-corrected chi connectivity index (χ3v) is 7.08. The molecule has 0 saturated carbocycles. The summed E-state index contributed by atoms with van der Waals surface area (Å²) in [5.41, 5.74) is 4.44. The highest BCUT2D eigenvalue weighted by atomic mass is 15.0. The van der Waals surface area contributed by atoms with Gasteiger partial charge in [-0.1, -0.05) is 84.9 Å². The zero-order valence-corrected chi connectivity index (χ0v) is 17.8. The molecule has 0 saturated heterocycles. The van der Waals surface area contributed by atoms with E-state index in [1.807, 2.05) is 0 Å². The van der Waals surface area contributed by atoms with Gasteiger partial charge in [-0.05, 0) is 45.8 Å². The molecule has 3 aromatic heterocycles. The first-order chi connectivity index (χ1) is 16.4. The van der Waals surface area contributed by atoms with E-state index in [1.54, 1.807) is 0 Å². The van der Waals surface area contributed by atoms with Crippen molar-refractivity contribution in [1.82, 2.24) is 9.38 Å². The molecular formula is C31H18N2. The zero-order valence-electron chi connectivity index (χ0n) is 17.8. The summed E-state index contributed by atoms with van der Waals surface area (Å²) in [5.74, 6) is 0. The Bertz CT molecular complexity index is 2080. The summed E-state index contributed by atoms with van der Waals surface area (Å²) in [6.45, 7) is 0. The highest BCUT2D eigenvalue weighted by Gasteiger charge is 2.18. The maximum atomic E-state index is 5.23. The molecule has 0 radical (unpaired) electrons. The molecule has 0 aliphatic heterocycles. The fourth-order valence-electron chi connectivity index (χ4n) is 5.71.